The average Bonchev–Trinajstić information content (AvgIpc) is 3.31. The highest BCUT2D eigenvalue weighted by Gasteiger charge is 2.37. The minimum Gasteiger partial charge on any atom is -0.493 e. The molecular weight excluding hydrogens is 552 g/mol. The maximum absolute atomic E-state index is 13.2. The lowest BCUT2D eigenvalue weighted by molar-refractivity contribution is -0.143. The summed E-state index contributed by atoms with van der Waals surface area (Å²) in [6.45, 7) is 1.24. The smallest absolute Gasteiger partial charge is 0.416 e. The third-order valence-corrected chi connectivity index (χ3v) is 6.77. The highest BCUT2D eigenvalue weighted by Crippen LogP contribution is 2.38. The van der Waals surface area contributed by atoms with Gasteiger partial charge in [0.05, 0.1) is 42.2 Å². The fraction of sp³-hybridized carbons (Fsp3) is 0.241. The molecule has 1 aliphatic rings. The Balaban J connectivity index is 1.32. The van der Waals surface area contributed by atoms with Crippen LogP contribution in [0.4, 0.5) is 37.7 Å². The van der Waals surface area contributed by atoms with Gasteiger partial charge in [0, 0.05) is 42.2 Å². The van der Waals surface area contributed by atoms with Crippen LogP contribution in [0.3, 0.4) is 0 Å². The zero-order valence-electron chi connectivity index (χ0n) is 21.8. The van der Waals surface area contributed by atoms with E-state index in [-0.39, 0.29) is 11.8 Å². The number of anilines is 2. The van der Waals surface area contributed by atoms with Crippen molar-refractivity contribution < 1.29 is 40.6 Å². The van der Waals surface area contributed by atoms with E-state index in [2.05, 4.69) is 10.2 Å². The quantitative estimate of drug-likeness (QED) is 0.249. The minimum absolute atomic E-state index is 0.0201. The summed E-state index contributed by atoms with van der Waals surface area (Å²) in [4.78, 5) is 19.5. The number of carbonyl (C=O) groups excluding carboxylic acids is 1. The summed E-state index contributed by atoms with van der Waals surface area (Å²) in [5.41, 5.74) is -0.0792. The first-order chi connectivity index (χ1) is 19.4. The number of alkyl halides is 6. The summed E-state index contributed by atoms with van der Waals surface area (Å²) in [6, 6.07) is 13.0. The molecule has 0 saturated heterocycles. The van der Waals surface area contributed by atoms with Gasteiger partial charge in [0.25, 0.3) is 5.91 Å². The van der Waals surface area contributed by atoms with E-state index in [4.69, 9.17) is 14.5 Å². The number of pyridine rings is 1. The lowest BCUT2D eigenvalue weighted by atomic mass is 10.0. The van der Waals surface area contributed by atoms with Crippen LogP contribution in [-0.4, -0.2) is 31.7 Å². The van der Waals surface area contributed by atoms with Crippen LogP contribution in [0.2, 0.25) is 0 Å². The van der Waals surface area contributed by atoms with Gasteiger partial charge in [-0.25, -0.2) is 0 Å². The number of fused-ring (bicyclic) bond motifs is 2. The van der Waals surface area contributed by atoms with Gasteiger partial charge < -0.3 is 19.7 Å². The number of ether oxygens (including phenoxy) is 2. The maximum atomic E-state index is 13.2. The normalized spacial score (nSPS) is 13.3. The van der Waals surface area contributed by atoms with Gasteiger partial charge in [0.1, 0.15) is 0 Å². The monoisotopic (exact) mass is 575 g/mol. The fourth-order valence-electron chi connectivity index (χ4n) is 4.72. The summed E-state index contributed by atoms with van der Waals surface area (Å²) in [7, 11) is 3.12. The van der Waals surface area contributed by atoms with Crippen molar-refractivity contribution in [1.29, 1.82) is 0 Å². The highest BCUT2D eigenvalue weighted by molar-refractivity contribution is 6.04. The Kier molecular flexibility index (Phi) is 7.18. The number of hydrogen-bond donors (Lipinski definition) is 1. The molecule has 0 saturated carbocycles. The second kappa shape index (κ2) is 10.5. The van der Waals surface area contributed by atoms with Crippen molar-refractivity contribution in [2.24, 2.45) is 0 Å². The van der Waals surface area contributed by atoms with Gasteiger partial charge in [-0.15, -0.1) is 0 Å². The molecule has 4 aromatic rings. The van der Waals surface area contributed by atoms with Crippen LogP contribution in [0, 0.1) is 0 Å². The molecule has 0 radical (unpaired) electrons. The van der Waals surface area contributed by atoms with Gasteiger partial charge in [0.2, 0.25) is 0 Å². The predicted octanol–water partition coefficient (Wildman–Crippen LogP) is 7.10. The summed E-state index contributed by atoms with van der Waals surface area (Å²) in [5.74, 6) is 0.0832. The standard InChI is InChI=1S/C29H23F6N3O3/c1-40-25-12-17-11-24-22(37-23(17)14-26(25)41-2)7-8-38(24)15-16-3-5-21(6-4-16)36-27(39)18-9-19(28(30,31)32)13-20(10-18)29(33,34)35/h3-6,9-14H,7-8,15H2,1-2H3,(H,36,39). The summed E-state index contributed by atoms with van der Waals surface area (Å²) in [5, 5.41) is 3.26. The van der Waals surface area contributed by atoms with Crippen molar-refractivity contribution in [2.75, 3.05) is 31.0 Å². The Morgan fingerprint density at radius 1 is 0.878 bits per heavy atom. The van der Waals surface area contributed by atoms with Gasteiger partial charge in [-0.3, -0.25) is 9.78 Å². The summed E-state index contributed by atoms with van der Waals surface area (Å²) >= 11 is 0. The number of nitrogens with one attached hydrogen (secondary N) is 1. The minimum atomic E-state index is -5.05. The van der Waals surface area contributed by atoms with E-state index in [0.29, 0.717) is 30.2 Å². The lowest BCUT2D eigenvalue weighted by Gasteiger charge is -2.20. The molecule has 0 fully saturated rings. The molecule has 3 aromatic carbocycles. The van der Waals surface area contributed by atoms with Crippen LogP contribution >= 0.6 is 0 Å². The molecule has 1 amide bonds. The van der Waals surface area contributed by atoms with E-state index in [1.165, 1.54) is 12.1 Å². The van der Waals surface area contributed by atoms with Crippen LogP contribution in [0.15, 0.2) is 60.7 Å². The molecule has 0 unspecified atom stereocenters. The summed E-state index contributed by atoms with van der Waals surface area (Å²) in [6.07, 6.45) is -9.36. The van der Waals surface area contributed by atoms with Crippen LogP contribution in [0.1, 0.15) is 32.7 Å². The van der Waals surface area contributed by atoms with Crippen molar-refractivity contribution >= 4 is 28.2 Å². The Hall–Kier alpha value is -4.48. The molecule has 214 valence electrons. The molecule has 0 aliphatic carbocycles. The number of halogens is 6. The third kappa shape index (κ3) is 5.86. The molecule has 1 N–H and O–H groups in total. The van der Waals surface area contributed by atoms with Gasteiger partial charge >= 0.3 is 12.4 Å². The Morgan fingerprint density at radius 2 is 1.49 bits per heavy atom. The Labute approximate surface area is 230 Å². The topological polar surface area (TPSA) is 63.7 Å². The lowest BCUT2D eigenvalue weighted by Crippen LogP contribution is -2.19. The highest BCUT2D eigenvalue weighted by atomic mass is 19.4. The van der Waals surface area contributed by atoms with E-state index in [0.717, 1.165) is 40.8 Å². The summed E-state index contributed by atoms with van der Waals surface area (Å²) < 4.78 is 89.7. The van der Waals surface area contributed by atoms with Crippen LogP contribution in [0.5, 0.6) is 11.5 Å². The Morgan fingerprint density at radius 3 is 2.07 bits per heavy atom. The van der Waals surface area contributed by atoms with Crippen LogP contribution in [-0.2, 0) is 25.3 Å². The zero-order valence-corrected chi connectivity index (χ0v) is 21.8. The van der Waals surface area contributed by atoms with Crippen molar-refractivity contribution in [2.45, 2.75) is 25.3 Å². The molecule has 5 rings (SSSR count). The van der Waals surface area contributed by atoms with E-state index in [1.54, 1.807) is 26.4 Å². The largest absolute Gasteiger partial charge is 0.493 e. The van der Waals surface area contributed by atoms with Crippen molar-refractivity contribution in [3.8, 4) is 11.5 Å². The average molecular weight is 576 g/mol. The number of benzene rings is 3. The molecule has 2 heterocycles. The van der Waals surface area contributed by atoms with E-state index < -0.39 is 35.0 Å². The number of hydrogen-bond acceptors (Lipinski definition) is 5. The molecule has 6 nitrogen and oxygen atoms in total. The SMILES string of the molecule is COc1cc2cc3c(nc2cc1OC)CCN3Cc1ccc(NC(=O)c2cc(C(F)(F)F)cc(C(F)(F)F)c2)cc1. The number of carbonyl (C=O) groups is 1. The molecule has 0 atom stereocenters. The first kappa shape index (κ1) is 28.1. The molecule has 0 bridgehead atoms. The van der Waals surface area contributed by atoms with Gasteiger partial charge in [-0.2, -0.15) is 26.3 Å². The van der Waals surface area contributed by atoms with E-state index >= 15 is 0 Å². The van der Waals surface area contributed by atoms with Gasteiger partial charge in [-0.05, 0) is 48.0 Å². The van der Waals surface area contributed by atoms with Gasteiger partial charge in [0.15, 0.2) is 11.5 Å². The second-order valence-electron chi connectivity index (χ2n) is 9.47. The molecule has 41 heavy (non-hydrogen) atoms. The van der Waals surface area contributed by atoms with Crippen LogP contribution in [0.25, 0.3) is 10.9 Å². The van der Waals surface area contributed by atoms with Crippen molar-refractivity contribution in [3.63, 3.8) is 0 Å². The first-order valence-corrected chi connectivity index (χ1v) is 12.4. The number of methoxy groups -OCH3 is 2. The van der Waals surface area contributed by atoms with E-state index in [9.17, 15) is 31.1 Å². The third-order valence-electron chi connectivity index (χ3n) is 6.77. The molecular formula is C29H23F6N3O3. The van der Waals surface area contributed by atoms with Gasteiger partial charge in [-0.1, -0.05) is 12.1 Å². The second-order valence-corrected chi connectivity index (χ2v) is 9.47. The van der Waals surface area contributed by atoms with Crippen molar-refractivity contribution in [3.05, 3.63) is 88.6 Å². The predicted molar refractivity (Wildman–Crippen MR) is 140 cm³/mol. The van der Waals surface area contributed by atoms with Crippen LogP contribution < -0.4 is 19.7 Å². The first-order valence-electron chi connectivity index (χ1n) is 12.4. The number of aromatic nitrogens is 1. The zero-order chi connectivity index (χ0) is 29.5. The maximum Gasteiger partial charge on any atom is 0.416 e. The van der Waals surface area contributed by atoms with Crippen molar-refractivity contribution in [1.82, 2.24) is 4.98 Å². The van der Waals surface area contributed by atoms with E-state index in [1.807, 2.05) is 18.2 Å². The Bertz CT molecular complexity index is 1590. The molecule has 1 aromatic heterocycles. The molecule has 1 aliphatic heterocycles. The fourth-order valence-corrected chi connectivity index (χ4v) is 4.72. The molecule has 0 spiro atoms. The number of amides is 1. The molecule has 12 heteroatoms. The number of rotatable bonds is 6. The number of nitrogens with zero attached hydrogens (tertiary/aromatic N) is 2.